The second-order valence-corrected chi connectivity index (χ2v) is 9.40. The van der Waals surface area contributed by atoms with Crippen molar-refractivity contribution in [3.63, 3.8) is 0 Å². The van der Waals surface area contributed by atoms with E-state index in [1.807, 2.05) is 19.3 Å². The molecule has 164 valence electrons. The van der Waals surface area contributed by atoms with Crippen LogP contribution < -0.4 is 10.2 Å². The highest BCUT2D eigenvalue weighted by Crippen LogP contribution is 2.35. The van der Waals surface area contributed by atoms with E-state index >= 15 is 0 Å². The van der Waals surface area contributed by atoms with Crippen molar-refractivity contribution in [1.29, 1.82) is 0 Å². The van der Waals surface area contributed by atoms with Crippen LogP contribution in [0.5, 0.6) is 0 Å². The van der Waals surface area contributed by atoms with Crippen LogP contribution in [0.4, 0.5) is 21.8 Å². The van der Waals surface area contributed by atoms with Gasteiger partial charge in [-0.3, -0.25) is 9.58 Å². The molecule has 0 unspecified atom stereocenters. The van der Waals surface area contributed by atoms with Crippen LogP contribution in [0.15, 0.2) is 36.8 Å². The summed E-state index contributed by atoms with van der Waals surface area (Å²) in [6.45, 7) is 5.02. The maximum absolute atomic E-state index is 14.7. The lowest BCUT2D eigenvalue weighted by atomic mass is 10.2. The molecular weight excluding hydrogens is 427 g/mol. The number of aromatic nitrogens is 5. The van der Waals surface area contributed by atoms with Gasteiger partial charge in [-0.1, -0.05) is 6.92 Å². The third kappa shape index (κ3) is 3.30. The largest absolute Gasteiger partial charge is 0.348 e. The molecule has 4 aromatic heterocycles. The van der Waals surface area contributed by atoms with Gasteiger partial charge in [-0.05, 0) is 25.1 Å². The molecule has 0 amide bonds. The third-order valence-corrected chi connectivity index (χ3v) is 7.40. The molecular formula is C22H23FN8S. The number of piperazine rings is 1. The first-order chi connectivity index (χ1) is 15.6. The Morgan fingerprint density at radius 1 is 1.16 bits per heavy atom. The summed E-state index contributed by atoms with van der Waals surface area (Å²) in [5, 5.41) is 8.35. The molecule has 6 rings (SSSR count). The maximum Gasteiger partial charge on any atom is 0.167 e. The lowest BCUT2D eigenvalue weighted by Crippen LogP contribution is -2.46. The van der Waals surface area contributed by atoms with Gasteiger partial charge < -0.3 is 10.2 Å². The number of pyridine rings is 2. The number of likely N-dealkylation sites (N-methyl/N-ethyl adjacent to an activating group) is 1. The van der Waals surface area contributed by atoms with Gasteiger partial charge in [0, 0.05) is 56.2 Å². The maximum atomic E-state index is 14.7. The van der Waals surface area contributed by atoms with Crippen molar-refractivity contribution in [2.45, 2.75) is 25.4 Å². The average Bonchev–Trinajstić information content (AvgIpc) is 3.57. The number of likely N-dealkylation sites (tertiary alicyclic amines) is 1. The minimum absolute atomic E-state index is 0.282. The standard InChI is InChI=1S/C22H23FN8S/c1-3-30-11-15-6-14(30)12-31(15)21-16(23)4-5-19(28-21)27-20-7-17-18(9-24-20)32-22(26-17)13-8-25-29(2)10-13/h4-5,7-10,14-15H,3,6,11-12H2,1-2H3,(H,24,27,28)/t14-,15-/m0/s1. The molecule has 0 aliphatic carbocycles. The monoisotopic (exact) mass is 450 g/mol. The normalized spacial score (nSPS) is 20.5. The summed E-state index contributed by atoms with van der Waals surface area (Å²) in [5.74, 6) is 1.35. The summed E-state index contributed by atoms with van der Waals surface area (Å²) in [5.41, 5.74) is 1.83. The number of nitrogens with zero attached hydrogens (tertiary/aromatic N) is 7. The molecule has 0 radical (unpaired) electrons. The summed E-state index contributed by atoms with van der Waals surface area (Å²) < 4.78 is 17.4. The van der Waals surface area contributed by atoms with E-state index in [9.17, 15) is 4.39 Å². The third-order valence-electron chi connectivity index (χ3n) is 6.34. The van der Waals surface area contributed by atoms with Gasteiger partial charge >= 0.3 is 0 Å². The molecule has 2 fully saturated rings. The van der Waals surface area contributed by atoms with E-state index in [0.29, 0.717) is 29.5 Å². The highest BCUT2D eigenvalue weighted by molar-refractivity contribution is 7.21. The van der Waals surface area contributed by atoms with Crippen molar-refractivity contribution in [2.24, 2.45) is 7.05 Å². The predicted octanol–water partition coefficient (Wildman–Crippen LogP) is 3.65. The number of anilines is 3. The first-order valence-electron chi connectivity index (χ1n) is 10.8. The van der Waals surface area contributed by atoms with Gasteiger partial charge in [-0.2, -0.15) is 5.10 Å². The van der Waals surface area contributed by atoms with Gasteiger partial charge in [0.2, 0.25) is 0 Å². The smallest absolute Gasteiger partial charge is 0.167 e. The van der Waals surface area contributed by atoms with Crippen LogP contribution in [-0.2, 0) is 7.05 Å². The van der Waals surface area contributed by atoms with Crippen molar-refractivity contribution >= 4 is 39.0 Å². The minimum Gasteiger partial charge on any atom is -0.348 e. The van der Waals surface area contributed by atoms with Crippen LogP contribution in [-0.4, -0.2) is 61.4 Å². The highest BCUT2D eigenvalue weighted by atomic mass is 32.1. The van der Waals surface area contributed by atoms with E-state index in [1.54, 1.807) is 34.5 Å². The second kappa shape index (κ2) is 7.49. The number of rotatable bonds is 5. The molecule has 0 aromatic carbocycles. The summed E-state index contributed by atoms with van der Waals surface area (Å²) >= 11 is 1.58. The van der Waals surface area contributed by atoms with Crippen LogP contribution in [0.2, 0.25) is 0 Å². The molecule has 32 heavy (non-hydrogen) atoms. The number of fused-ring (bicyclic) bond motifs is 3. The Hall–Kier alpha value is -3.11. The molecule has 2 aliphatic rings. The SMILES string of the molecule is CCN1C[C@@H]2C[C@H]1CN2c1nc(Nc2cc3nc(-c4cnn(C)c4)sc3cn2)ccc1F. The number of aryl methyl sites for hydroxylation is 1. The number of hydrogen-bond acceptors (Lipinski definition) is 8. The number of halogens is 1. The molecule has 0 saturated carbocycles. The zero-order chi connectivity index (χ0) is 21.8. The van der Waals surface area contributed by atoms with Gasteiger partial charge in [0.15, 0.2) is 11.6 Å². The summed E-state index contributed by atoms with van der Waals surface area (Å²) in [4.78, 5) is 18.4. The lowest BCUT2D eigenvalue weighted by molar-refractivity contribution is 0.250. The van der Waals surface area contributed by atoms with E-state index in [2.05, 4.69) is 37.1 Å². The van der Waals surface area contributed by atoms with Crippen LogP contribution in [0.3, 0.4) is 0 Å². The zero-order valence-corrected chi connectivity index (χ0v) is 18.7. The van der Waals surface area contributed by atoms with E-state index in [4.69, 9.17) is 4.98 Å². The number of hydrogen-bond donors (Lipinski definition) is 1. The van der Waals surface area contributed by atoms with Crippen LogP contribution in [0.25, 0.3) is 20.8 Å². The van der Waals surface area contributed by atoms with Crippen LogP contribution in [0, 0.1) is 5.82 Å². The Balaban J connectivity index is 1.25. The molecule has 2 saturated heterocycles. The average molecular weight is 451 g/mol. The molecule has 2 aliphatic heterocycles. The quantitative estimate of drug-likeness (QED) is 0.497. The summed E-state index contributed by atoms with van der Waals surface area (Å²) in [6, 6.07) is 5.85. The Morgan fingerprint density at radius 2 is 2.06 bits per heavy atom. The van der Waals surface area contributed by atoms with Gasteiger partial charge in [0.05, 0.1) is 16.4 Å². The minimum atomic E-state index is -0.282. The van der Waals surface area contributed by atoms with Gasteiger partial charge in [0.25, 0.3) is 0 Å². The number of thiazole rings is 1. The summed E-state index contributed by atoms with van der Waals surface area (Å²) in [6.07, 6.45) is 6.63. The Bertz CT molecular complexity index is 1300. The second-order valence-electron chi connectivity index (χ2n) is 8.37. The van der Waals surface area contributed by atoms with Crippen molar-refractivity contribution < 1.29 is 4.39 Å². The van der Waals surface area contributed by atoms with Crippen LogP contribution in [0.1, 0.15) is 13.3 Å². The Morgan fingerprint density at radius 3 is 2.81 bits per heavy atom. The molecule has 2 bridgehead atoms. The van der Waals surface area contributed by atoms with Crippen molar-refractivity contribution in [2.75, 3.05) is 29.9 Å². The molecule has 0 spiro atoms. The Kier molecular flexibility index (Phi) is 4.58. The van der Waals surface area contributed by atoms with Crippen molar-refractivity contribution in [1.82, 2.24) is 29.6 Å². The molecule has 2 atom stereocenters. The first kappa shape index (κ1) is 19.6. The van der Waals surface area contributed by atoms with Gasteiger partial charge in [-0.25, -0.2) is 19.3 Å². The lowest BCUT2D eigenvalue weighted by Gasteiger charge is -2.34. The van der Waals surface area contributed by atoms with Gasteiger partial charge in [-0.15, -0.1) is 11.3 Å². The molecule has 6 heterocycles. The molecule has 4 aromatic rings. The fourth-order valence-corrected chi connectivity index (χ4v) is 5.68. The summed E-state index contributed by atoms with van der Waals surface area (Å²) in [7, 11) is 1.89. The van der Waals surface area contributed by atoms with Gasteiger partial charge in [0.1, 0.15) is 16.6 Å². The predicted molar refractivity (Wildman–Crippen MR) is 124 cm³/mol. The topological polar surface area (TPSA) is 75.0 Å². The zero-order valence-electron chi connectivity index (χ0n) is 17.9. The molecule has 1 N–H and O–H groups in total. The van der Waals surface area contributed by atoms with E-state index in [0.717, 1.165) is 46.8 Å². The Labute approximate surface area is 188 Å². The number of nitrogens with one attached hydrogen (secondary N) is 1. The van der Waals surface area contributed by atoms with Crippen LogP contribution >= 0.6 is 11.3 Å². The molecule has 10 heteroatoms. The molecule has 8 nitrogen and oxygen atoms in total. The van der Waals surface area contributed by atoms with Crippen molar-refractivity contribution in [3.8, 4) is 10.6 Å². The first-order valence-corrected chi connectivity index (χ1v) is 11.6. The fraction of sp³-hybridized carbons (Fsp3) is 0.364. The van der Waals surface area contributed by atoms with E-state index in [1.165, 1.54) is 6.07 Å². The fourth-order valence-electron chi connectivity index (χ4n) is 4.79. The van der Waals surface area contributed by atoms with E-state index in [-0.39, 0.29) is 5.82 Å². The van der Waals surface area contributed by atoms with Crippen molar-refractivity contribution in [3.05, 3.63) is 42.6 Å². The highest BCUT2D eigenvalue weighted by Gasteiger charge is 2.43. The van der Waals surface area contributed by atoms with E-state index < -0.39 is 0 Å².